The van der Waals surface area contributed by atoms with Crippen molar-refractivity contribution < 1.29 is 13.9 Å². The van der Waals surface area contributed by atoms with Gasteiger partial charge in [0.15, 0.2) is 0 Å². The number of para-hydroxylation sites is 1. The number of aromatic nitrogens is 1. The van der Waals surface area contributed by atoms with Gasteiger partial charge in [-0.25, -0.2) is 8.78 Å². The number of hydrogen-bond donors (Lipinski definition) is 1. The van der Waals surface area contributed by atoms with Crippen LogP contribution in [0.1, 0.15) is 31.4 Å². The average molecular weight is 332 g/mol. The molecule has 5 atom stereocenters. The highest BCUT2D eigenvalue weighted by atomic mass is 19.3. The molecule has 5 rings (SSSR count). The van der Waals surface area contributed by atoms with Gasteiger partial charge in [0.1, 0.15) is 0 Å². The molecule has 1 N–H and O–H groups in total. The lowest BCUT2D eigenvalue weighted by Crippen LogP contribution is -2.58. The van der Waals surface area contributed by atoms with Gasteiger partial charge in [0.2, 0.25) is 5.92 Å². The Morgan fingerprint density at radius 3 is 2.79 bits per heavy atom. The molecule has 0 radical (unpaired) electrons. The Balaban J connectivity index is 1.63. The number of aliphatic hydroxyl groups is 1. The molecule has 3 saturated heterocycles. The third-order valence-corrected chi connectivity index (χ3v) is 5.82. The number of pyridine rings is 1. The molecule has 3 aliphatic rings. The molecule has 2 aromatic rings. The Bertz CT molecular complexity index is 740. The molecular weight excluding hydrogens is 310 g/mol. The molecule has 3 fully saturated rings. The van der Waals surface area contributed by atoms with Crippen LogP contribution in [0.4, 0.5) is 8.78 Å². The highest BCUT2D eigenvalue weighted by molar-refractivity contribution is 5.82. The molecule has 1 unspecified atom stereocenters. The number of halogens is 2. The smallest absolute Gasteiger partial charge is 0.249 e. The third-order valence-electron chi connectivity index (χ3n) is 5.82. The molecule has 0 spiro atoms. The van der Waals surface area contributed by atoms with Gasteiger partial charge in [0, 0.05) is 30.1 Å². The first-order chi connectivity index (χ1) is 11.4. The minimum Gasteiger partial charge on any atom is -0.387 e. The summed E-state index contributed by atoms with van der Waals surface area (Å²) < 4.78 is 27.7. The van der Waals surface area contributed by atoms with E-state index in [2.05, 4.69) is 9.88 Å². The molecule has 3 aliphatic heterocycles. The number of piperidine rings is 3. The van der Waals surface area contributed by atoms with Crippen molar-refractivity contribution in [1.82, 2.24) is 9.88 Å². The molecule has 128 valence electrons. The lowest BCUT2D eigenvalue weighted by atomic mass is 9.71. The first kappa shape index (κ1) is 15.9. The number of hydrogen-bond acceptors (Lipinski definition) is 3. The minimum absolute atomic E-state index is 0.0113. The van der Waals surface area contributed by atoms with Crippen LogP contribution in [0.15, 0.2) is 36.5 Å². The number of alkyl halides is 2. The fourth-order valence-corrected chi connectivity index (χ4v) is 4.55. The zero-order valence-electron chi connectivity index (χ0n) is 13.7. The van der Waals surface area contributed by atoms with Gasteiger partial charge in [0.25, 0.3) is 0 Å². The first-order valence-electron chi connectivity index (χ1n) is 8.58. The fraction of sp³-hybridized carbons (Fsp3) is 0.526. The Kier molecular flexibility index (Phi) is 3.81. The number of rotatable bonds is 3. The minimum atomic E-state index is -2.65. The lowest BCUT2D eigenvalue weighted by molar-refractivity contribution is -0.142. The zero-order valence-corrected chi connectivity index (χ0v) is 13.7. The summed E-state index contributed by atoms with van der Waals surface area (Å²) in [6, 6.07) is 9.50. The van der Waals surface area contributed by atoms with Crippen LogP contribution in [0.2, 0.25) is 0 Å². The van der Waals surface area contributed by atoms with Crippen LogP contribution in [0.5, 0.6) is 0 Å². The molecule has 0 aliphatic carbocycles. The van der Waals surface area contributed by atoms with Gasteiger partial charge >= 0.3 is 0 Å². The highest BCUT2D eigenvalue weighted by Gasteiger charge is 2.50. The standard InChI is InChI=1S/C19H22F2N2O/c1-19(20,21)15-11-23-9-7-12(15)10-17(23)18(24)14-6-8-22-16-5-3-2-4-13(14)16/h2-6,8,12,15,17-18,24H,7,9-11H2,1H3/t12-,15-,17-,18+/m0/s1. The van der Waals surface area contributed by atoms with Crippen molar-refractivity contribution in [2.45, 2.75) is 37.8 Å². The van der Waals surface area contributed by atoms with Gasteiger partial charge in [-0.1, -0.05) is 18.2 Å². The van der Waals surface area contributed by atoms with E-state index in [1.165, 1.54) is 0 Å². The van der Waals surface area contributed by atoms with Crippen molar-refractivity contribution in [3.63, 3.8) is 0 Å². The SMILES string of the molecule is CC(F)(F)[C@H]1CN2CC[C@H]1C[C@H]2[C@H](O)c1ccnc2ccccc12. The van der Waals surface area contributed by atoms with E-state index in [0.29, 0.717) is 13.0 Å². The Hall–Kier alpha value is -1.59. The van der Waals surface area contributed by atoms with Crippen molar-refractivity contribution in [2.24, 2.45) is 11.8 Å². The summed E-state index contributed by atoms with van der Waals surface area (Å²) in [7, 11) is 0. The lowest BCUT2D eigenvalue weighted by Gasteiger charge is -2.52. The topological polar surface area (TPSA) is 36.4 Å². The van der Waals surface area contributed by atoms with Gasteiger partial charge in [-0.2, -0.15) is 0 Å². The van der Waals surface area contributed by atoms with E-state index >= 15 is 0 Å². The molecule has 0 amide bonds. The van der Waals surface area contributed by atoms with E-state index in [1.54, 1.807) is 6.20 Å². The van der Waals surface area contributed by atoms with Crippen LogP contribution in [0.3, 0.4) is 0 Å². The molecule has 0 saturated carbocycles. The molecule has 3 nitrogen and oxygen atoms in total. The average Bonchev–Trinajstić information content (AvgIpc) is 2.60. The quantitative estimate of drug-likeness (QED) is 0.932. The third kappa shape index (κ3) is 2.60. The Morgan fingerprint density at radius 2 is 2.08 bits per heavy atom. The second kappa shape index (κ2) is 5.74. The Morgan fingerprint density at radius 1 is 1.29 bits per heavy atom. The van der Waals surface area contributed by atoms with E-state index in [4.69, 9.17) is 0 Å². The molecule has 2 bridgehead atoms. The van der Waals surface area contributed by atoms with E-state index in [-0.39, 0.29) is 12.0 Å². The number of aliphatic hydroxyl groups excluding tert-OH is 1. The van der Waals surface area contributed by atoms with Gasteiger partial charge in [-0.3, -0.25) is 9.88 Å². The first-order valence-corrected chi connectivity index (χ1v) is 8.58. The summed E-state index contributed by atoms with van der Waals surface area (Å²) in [4.78, 5) is 6.40. The predicted octanol–water partition coefficient (Wildman–Crippen LogP) is 3.63. The maximum Gasteiger partial charge on any atom is 0.249 e. The maximum absolute atomic E-state index is 13.8. The van der Waals surface area contributed by atoms with Crippen LogP contribution in [-0.4, -0.2) is 40.0 Å². The van der Waals surface area contributed by atoms with Crippen LogP contribution < -0.4 is 0 Å². The zero-order chi connectivity index (χ0) is 16.9. The summed E-state index contributed by atoms with van der Waals surface area (Å²) in [5, 5.41) is 11.9. The maximum atomic E-state index is 13.8. The van der Waals surface area contributed by atoms with Crippen molar-refractivity contribution in [3.05, 3.63) is 42.1 Å². The summed E-state index contributed by atoms with van der Waals surface area (Å²) in [5.74, 6) is -3.26. The van der Waals surface area contributed by atoms with Crippen molar-refractivity contribution in [1.29, 1.82) is 0 Å². The Labute approximate surface area is 140 Å². The molecule has 1 aromatic heterocycles. The monoisotopic (exact) mass is 332 g/mol. The van der Waals surface area contributed by atoms with Crippen LogP contribution in [0.25, 0.3) is 10.9 Å². The van der Waals surface area contributed by atoms with Crippen LogP contribution >= 0.6 is 0 Å². The van der Waals surface area contributed by atoms with Crippen molar-refractivity contribution in [2.75, 3.05) is 13.1 Å². The number of fused-ring (bicyclic) bond motifs is 4. The highest BCUT2D eigenvalue weighted by Crippen LogP contribution is 2.46. The van der Waals surface area contributed by atoms with Crippen LogP contribution in [-0.2, 0) is 0 Å². The number of benzene rings is 1. The van der Waals surface area contributed by atoms with E-state index in [0.717, 1.165) is 36.4 Å². The van der Waals surface area contributed by atoms with Gasteiger partial charge in [-0.15, -0.1) is 0 Å². The normalized spacial score (nSPS) is 31.3. The summed E-state index contributed by atoms with van der Waals surface area (Å²) in [6.45, 7) is 2.20. The van der Waals surface area contributed by atoms with Gasteiger partial charge in [0.05, 0.1) is 11.6 Å². The molecule has 4 heterocycles. The second-order valence-electron chi connectivity index (χ2n) is 7.27. The molecular formula is C19H22F2N2O. The fourth-order valence-electron chi connectivity index (χ4n) is 4.55. The summed E-state index contributed by atoms with van der Waals surface area (Å²) in [6.07, 6.45) is 2.47. The predicted molar refractivity (Wildman–Crippen MR) is 88.9 cm³/mol. The second-order valence-corrected chi connectivity index (χ2v) is 7.27. The van der Waals surface area contributed by atoms with E-state index in [1.807, 2.05) is 30.3 Å². The van der Waals surface area contributed by atoms with Crippen molar-refractivity contribution >= 4 is 10.9 Å². The van der Waals surface area contributed by atoms with Crippen LogP contribution in [0, 0.1) is 11.8 Å². The number of nitrogens with zero attached hydrogens (tertiary/aromatic N) is 2. The molecule has 1 aromatic carbocycles. The summed E-state index contributed by atoms with van der Waals surface area (Å²) >= 11 is 0. The van der Waals surface area contributed by atoms with Gasteiger partial charge in [-0.05, 0) is 49.9 Å². The largest absolute Gasteiger partial charge is 0.387 e. The summed E-state index contributed by atoms with van der Waals surface area (Å²) in [5.41, 5.74) is 1.70. The van der Waals surface area contributed by atoms with E-state index < -0.39 is 17.9 Å². The van der Waals surface area contributed by atoms with E-state index in [9.17, 15) is 13.9 Å². The molecule has 24 heavy (non-hydrogen) atoms. The van der Waals surface area contributed by atoms with Crippen molar-refractivity contribution in [3.8, 4) is 0 Å². The molecule has 5 heteroatoms. The van der Waals surface area contributed by atoms with Gasteiger partial charge < -0.3 is 5.11 Å².